The summed E-state index contributed by atoms with van der Waals surface area (Å²) in [6, 6.07) is 0. The molecule has 0 saturated carbocycles. The zero-order valence-electron chi connectivity index (χ0n) is 8.97. The fourth-order valence-corrected chi connectivity index (χ4v) is 1.08. The van der Waals surface area contributed by atoms with Crippen LogP contribution in [0, 0.1) is 0 Å². The number of hydrogen-bond acceptors (Lipinski definition) is 6. The molecule has 6 nitrogen and oxygen atoms in total. The molecule has 0 fully saturated rings. The van der Waals surface area contributed by atoms with Crippen LogP contribution in [0.25, 0.3) is 0 Å². The minimum atomic E-state index is -1.25. The number of ether oxygens (including phenoxy) is 3. The molecule has 0 bridgehead atoms. The third-order valence-electron chi connectivity index (χ3n) is 1.73. The third kappa shape index (κ3) is 3.82. The Morgan fingerprint density at radius 2 is 2.06 bits per heavy atom. The summed E-state index contributed by atoms with van der Waals surface area (Å²) in [7, 11) is 0. The van der Waals surface area contributed by atoms with Crippen LogP contribution in [0.1, 0.15) is 13.8 Å². The van der Waals surface area contributed by atoms with Crippen LogP contribution in [-0.2, 0) is 28.6 Å². The molecule has 1 aliphatic rings. The SMILES string of the molecule is CC(=O)OC[C@@H]1C=CC(=O)C(OC(C)=O)O1. The highest BCUT2D eigenvalue weighted by molar-refractivity contribution is 5.94. The van der Waals surface area contributed by atoms with Gasteiger partial charge in [0, 0.05) is 13.8 Å². The van der Waals surface area contributed by atoms with E-state index in [-0.39, 0.29) is 6.61 Å². The summed E-state index contributed by atoms with van der Waals surface area (Å²) in [5, 5.41) is 0. The molecule has 1 unspecified atom stereocenters. The summed E-state index contributed by atoms with van der Waals surface area (Å²) in [4.78, 5) is 32.4. The van der Waals surface area contributed by atoms with E-state index in [4.69, 9.17) is 9.47 Å². The van der Waals surface area contributed by atoms with Gasteiger partial charge in [0.05, 0.1) is 0 Å². The van der Waals surface area contributed by atoms with Crippen molar-refractivity contribution < 1.29 is 28.6 Å². The summed E-state index contributed by atoms with van der Waals surface area (Å²) < 4.78 is 14.4. The lowest BCUT2D eigenvalue weighted by Crippen LogP contribution is -2.37. The number of esters is 2. The first-order chi connectivity index (χ1) is 7.49. The third-order valence-corrected chi connectivity index (χ3v) is 1.73. The molecule has 0 spiro atoms. The number of carbonyl (C=O) groups excluding carboxylic acids is 3. The predicted octanol–water partition coefficient (Wildman–Crippen LogP) is -0.0372. The smallest absolute Gasteiger partial charge is 0.305 e. The molecule has 2 atom stereocenters. The fourth-order valence-electron chi connectivity index (χ4n) is 1.08. The van der Waals surface area contributed by atoms with Gasteiger partial charge in [-0.3, -0.25) is 14.4 Å². The van der Waals surface area contributed by atoms with Crippen molar-refractivity contribution in [2.45, 2.75) is 26.2 Å². The average Bonchev–Trinajstić information content (AvgIpc) is 2.18. The highest BCUT2D eigenvalue weighted by Gasteiger charge is 2.28. The van der Waals surface area contributed by atoms with E-state index < -0.39 is 30.1 Å². The standard InChI is InChI=1S/C10H12O6/c1-6(11)14-5-8-3-4-9(13)10(16-8)15-7(2)12/h3-4,8,10H,5H2,1-2H3/t8-,10?/m0/s1. The van der Waals surface area contributed by atoms with E-state index in [1.54, 1.807) is 0 Å². The molecule has 0 amide bonds. The predicted molar refractivity (Wildman–Crippen MR) is 51.2 cm³/mol. The normalized spacial score (nSPS) is 24.0. The fraction of sp³-hybridized carbons (Fsp3) is 0.500. The van der Waals surface area contributed by atoms with E-state index in [9.17, 15) is 14.4 Å². The maximum absolute atomic E-state index is 11.2. The van der Waals surface area contributed by atoms with Crippen LogP contribution < -0.4 is 0 Å². The van der Waals surface area contributed by atoms with Crippen LogP contribution in [0.2, 0.25) is 0 Å². The molecule has 0 aromatic heterocycles. The van der Waals surface area contributed by atoms with E-state index >= 15 is 0 Å². The molecular weight excluding hydrogens is 216 g/mol. The molecule has 16 heavy (non-hydrogen) atoms. The van der Waals surface area contributed by atoms with Crippen LogP contribution >= 0.6 is 0 Å². The Morgan fingerprint density at radius 3 is 2.62 bits per heavy atom. The van der Waals surface area contributed by atoms with Crippen molar-refractivity contribution >= 4 is 17.7 Å². The van der Waals surface area contributed by atoms with Gasteiger partial charge in [-0.25, -0.2) is 0 Å². The topological polar surface area (TPSA) is 78.9 Å². The Bertz CT molecular complexity index is 332. The first-order valence-electron chi connectivity index (χ1n) is 4.67. The van der Waals surface area contributed by atoms with Crippen LogP contribution in [0.5, 0.6) is 0 Å². The first-order valence-corrected chi connectivity index (χ1v) is 4.67. The summed E-state index contributed by atoms with van der Waals surface area (Å²) in [6.07, 6.45) is 0.866. The highest BCUT2D eigenvalue weighted by Crippen LogP contribution is 2.11. The second-order valence-corrected chi connectivity index (χ2v) is 3.18. The molecule has 0 radical (unpaired) electrons. The monoisotopic (exact) mass is 228 g/mol. The van der Waals surface area contributed by atoms with Gasteiger partial charge in [0.2, 0.25) is 5.78 Å². The van der Waals surface area contributed by atoms with E-state index in [1.807, 2.05) is 0 Å². The van der Waals surface area contributed by atoms with Crippen molar-refractivity contribution in [3.05, 3.63) is 12.2 Å². The van der Waals surface area contributed by atoms with Crippen LogP contribution in [0.3, 0.4) is 0 Å². The second-order valence-electron chi connectivity index (χ2n) is 3.18. The lowest BCUT2D eigenvalue weighted by molar-refractivity contribution is -0.192. The van der Waals surface area contributed by atoms with Gasteiger partial charge in [-0.15, -0.1) is 0 Å². The van der Waals surface area contributed by atoms with Gasteiger partial charge in [-0.1, -0.05) is 0 Å². The Kier molecular flexibility index (Phi) is 4.19. The van der Waals surface area contributed by atoms with Crippen molar-refractivity contribution in [3.63, 3.8) is 0 Å². The summed E-state index contributed by atoms with van der Waals surface area (Å²) in [6.45, 7) is 2.42. The minimum Gasteiger partial charge on any atom is -0.463 e. The van der Waals surface area contributed by atoms with Crippen molar-refractivity contribution in [2.75, 3.05) is 6.61 Å². The summed E-state index contributed by atoms with van der Waals surface area (Å²) in [5.41, 5.74) is 0. The Labute approximate surface area is 92.2 Å². The molecule has 0 aromatic carbocycles. The maximum atomic E-state index is 11.2. The van der Waals surface area contributed by atoms with Crippen LogP contribution in [-0.4, -0.2) is 36.7 Å². The molecule has 88 valence electrons. The van der Waals surface area contributed by atoms with E-state index in [1.165, 1.54) is 26.0 Å². The zero-order valence-corrected chi connectivity index (χ0v) is 8.97. The lowest BCUT2D eigenvalue weighted by Gasteiger charge is -2.23. The first kappa shape index (κ1) is 12.4. The summed E-state index contributed by atoms with van der Waals surface area (Å²) >= 11 is 0. The van der Waals surface area contributed by atoms with Gasteiger partial charge in [-0.2, -0.15) is 0 Å². The van der Waals surface area contributed by atoms with Crippen molar-refractivity contribution in [1.29, 1.82) is 0 Å². The summed E-state index contributed by atoms with van der Waals surface area (Å²) in [5.74, 6) is -1.51. The minimum absolute atomic E-state index is 0.0170. The molecule has 1 heterocycles. The molecule has 0 N–H and O–H groups in total. The molecule has 1 rings (SSSR count). The highest BCUT2D eigenvalue weighted by atomic mass is 16.7. The van der Waals surface area contributed by atoms with Gasteiger partial charge in [0.1, 0.15) is 12.7 Å². The van der Waals surface area contributed by atoms with Crippen molar-refractivity contribution in [1.82, 2.24) is 0 Å². The van der Waals surface area contributed by atoms with Gasteiger partial charge >= 0.3 is 11.9 Å². The van der Waals surface area contributed by atoms with E-state index in [0.29, 0.717) is 0 Å². The van der Waals surface area contributed by atoms with Crippen LogP contribution in [0.15, 0.2) is 12.2 Å². The number of rotatable bonds is 3. The zero-order chi connectivity index (χ0) is 12.1. The molecule has 0 aliphatic carbocycles. The molecule has 0 aromatic rings. The van der Waals surface area contributed by atoms with E-state index in [0.717, 1.165) is 0 Å². The number of carbonyl (C=O) groups is 3. The lowest BCUT2D eigenvalue weighted by atomic mass is 10.2. The molecular formula is C10H12O6. The van der Waals surface area contributed by atoms with Crippen LogP contribution in [0.4, 0.5) is 0 Å². The van der Waals surface area contributed by atoms with Crippen molar-refractivity contribution in [3.8, 4) is 0 Å². The van der Waals surface area contributed by atoms with Gasteiger partial charge in [0.25, 0.3) is 6.29 Å². The quantitative estimate of drug-likeness (QED) is 0.631. The molecule has 6 heteroatoms. The Hall–Kier alpha value is -1.69. The largest absolute Gasteiger partial charge is 0.463 e. The van der Waals surface area contributed by atoms with Gasteiger partial charge in [0.15, 0.2) is 0 Å². The Balaban J connectivity index is 2.52. The number of hydrogen-bond donors (Lipinski definition) is 0. The second kappa shape index (κ2) is 5.41. The molecule has 0 saturated heterocycles. The molecule has 1 aliphatic heterocycles. The van der Waals surface area contributed by atoms with Gasteiger partial charge in [-0.05, 0) is 12.2 Å². The maximum Gasteiger partial charge on any atom is 0.305 e. The van der Waals surface area contributed by atoms with Gasteiger partial charge < -0.3 is 14.2 Å². The average molecular weight is 228 g/mol. The van der Waals surface area contributed by atoms with E-state index in [2.05, 4.69) is 4.74 Å². The number of ketones is 1. The van der Waals surface area contributed by atoms with Crippen molar-refractivity contribution in [2.24, 2.45) is 0 Å². The Morgan fingerprint density at radius 1 is 1.38 bits per heavy atom.